The highest BCUT2D eigenvalue weighted by atomic mass is 16.3. The minimum atomic E-state index is 0.569. The van der Waals surface area contributed by atoms with E-state index in [4.69, 9.17) is 23.8 Å². The van der Waals surface area contributed by atoms with Gasteiger partial charge in [0.15, 0.2) is 17.5 Å². The van der Waals surface area contributed by atoms with Gasteiger partial charge in [0.25, 0.3) is 0 Å². The SMILES string of the molecule is c1ccc(-c2cc(-c3nc(-c4ccc5ccccc5c4)nc(-c4ccc5c(c4)oc4ccccc45)n3)cc3c2oc2cc4ccccc4cc23)cc1. The van der Waals surface area contributed by atoms with Gasteiger partial charge in [0.1, 0.15) is 22.3 Å². The maximum Gasteiger partial charge on any atom is 0.164 e. The van der Waals surface area contributed by atoms with E-state index < -0.39 is 0 Å². The monoisotopic (exact) mass is 665 g/mol. The lowest BCUT2D eigenvalue weighted by Gasteiger charge is -2.11. The number of rotatable bonds is 4. The van der Waals surface area contributed by atoms with Gasteiger partial charge in [-0.25, -0.2) is 15.0 Å². The number of hydrogen-bond acceptors (Lipinski definition) is 5. The Morgan fingerprint density at radius 3 is 1.71 bits per heavy atom. The fourth-order valence-electron chi connectivity index (χ4n) is 7.48. The van der Waals surface area contributed by atoms with Crippen LogP contribution in [-0.4, -0.2) is 15.0 Å². The molecule has 3 aromatic heterocycles. The molecular weight excluding hydrogens is 639 g/mol. The van der Waals surface area contributed by atoms with Crippen LogP contribution in [0.25, 0.3) is 111 Å². The fourth-order valence-corrected chi connectivity index (χ4v) is 7.48. The minimum absolute atomic E-state index is 0.569. The Bertz CT molecular complexity index is 3190. The highest BCUT2D eigenvalue weighted by molar-refractivity contribution is 6.14. The molecule has 242 valence electrons. The molecule has 0 unspecified atom stereocenters. The summed E-state index contributed by atoms with van der Waals surface area (Å²) in [6.07, 6.45) is 0. The molecule has 8 aromatic carbocycles. The van der Waals surface area contributed by atoms with E-state index in [0.29, 0.717) is 17.5 Å². The van der Waals surface area contributed by atoms with Crippen molar-refractivity contribution in [3.8, 4) is 45.3 Å². The molecule has 0 saturated heterocycles. The summed E-state index contributed by atoms with van der Waals surface area (Å²) in [5, 5.41) is 8.78. The van der Waals surface area contributed by atoms with Crippen LogP contribution in [0.1, 0.15) is 0 Å². The third kappa shape index (κ3) is 4.60. The van der Waals surface area contributed by atoms with Gasteiger partial charge in [-0.3, -0.25) is 0 Å². The van der Waals surface area contributed by atoms with E-state index in [0.717, 1.165) is 93.2 Å². The van der Waals surface area contributed by atoms with Gasteiger partial charge in [0, 0.05) is 43.8 Å². The highest BCUT2D eigenvalue weighted by Gasteiger charge is 2.20. The quantitative estimate of drug-likeness (QED) is 0.187. The van der Waals surface area contributed by atoms with E-state index in [1.54, 1.807) is 0 Å². The summed E-state index contributed by atoms with van der Waals surface area (Å²) in [7, 11) is 0. The largest absolute Gasteiger partial charge is 0.456 e. The van der Waals surface area contributed by atoms with E-state index in [9.17, 15) is 0 Å². The highest BCUT2D eigenvalue weighted by Crippen LogP contribution is 2.41. The molecule has 11 aromatic rings. The standard InChI is InChI=1S/C47H27N3O2/c1-2-11-29(12-3-1)38-24-35(25-40-39-23-31-14-6-7-15-32(31)26-43(39)52-44(38)40)47-49-45(33-19-18-28-10-4-5-13-30(28)22-33)48-46(50-47)34-20-21-37-36-16-8-9-17-41(36)51-42(37)27-34/h1-27H. The second-order valence-electron chi connectivity index (χ2n) is 13.2. The molecule has 0 bridgehead atoms. The van der Waals surface area contributed by atoms with Crippen molar-refractivity contribution >= 4 is 65.4 Å². The number of fused-ring (bicyclic) bond motifs is 8. The van der Waals surface area contributed by atoms with Gasteiger partial charge in [-0.05, 0) is 75.6 Å². The van der Waals surface area contributed by atoms with E-state index >= 15 is 0 Å². The summed E-state index contributed by atoms with van der Waals surface area (Å²) < 4.78 is 13.0. The topological polar surface area (TPSA) is 65.0 Å². The van der Waals surface area contributed by atoms with Crippen LogP contribution in [0.4, 0.5) is 0 Å². The maximum atomic E-state index is 6.67. The van der Waals surface area contributed by atoms with Crippen LogP contribution >= 0.6 is 0 Å². The molecule has 0 radical (unpaired) electrons. The molecule has 0 N–H and O–H groups in total. The maximum absolute atomic E-state index is 6.67. The third-order valence-corrected chi connectivity index (χ3v) is 10.1. The molecule has 11 rings (SSSR count). The van der Waals surface area contributed by atoms with E-state index in [1.807, 2.05) is 30.3 Å². The Balaban J connectivity index is 1.18. The predicted octanol–water partition coefficient (Wildman–Crippen LogP) is 12.6. The number of para-hydroxylation sites is 1. The first-order valence-electron chi connectivity index (χ1n) is 17.3. The number of furan rings is 2. The first kappa shape index (κ1) is 28.7. The molecule has 52 heavy (non-hydrogen) atoms. The van der Waals surface area contributed by atoms with Crippen LogP contribution in [0.3, 0.4) is 0 Å². The molecular formula is C47H27N3O2. The van der Waals surface area contributed by atoms with E-state index in [2.05, 4.69) is 133 Å². The molecule has 0 amide bonds. The Morgan fingerprint density at radius 2 is 0.904 bits per heavy atom. The van der Waals surface area contributed by atoms with Gasteiger partial charge in [-0.2, -0.15) is 0 Å². The van der Waals surface area contributed by atoms with Crippen LogP contribution in [0.2, 0.25) is 0 Å². The molecule has 5 heteroatoms. The van der Waals surface area contributed by atoms with Crippen molar-refractivity contribution < 1.29 is 8.83 Å². The van der Waals surface area contributed by atoms with Crippen molar-refractivity contribution in [2.75, 3.05) is 0 Å². The third-order valence-electron chi connectivity index (χ3n) is 10.1. The van der Waals surface area contributed by atoms with Gasteiger partial charge in [-0.15, -0.1) is 0 Å². The molecule has 0 fully saturated rings. The van der Waals surface area contributed by atoms with Crippen molar-refractivity contribution in [2.24, 2.45) is 0 Å². The normalized spacial score (nSPS) is 11.8. The van der Waals surface area contributed by atoms with Crippen LogP contribution in [0.15, 0.2) is 173 Å². The molecule has 0 aliphatic carbocycles. The average Bonchev–Trinajstić information content (AvgIpc) is 3.77. The first-order valence-corrected chi connectivity index (χ1v) is 17.3. The summed E-state index contributed by atoms with van der Waals surface area (Å²) in [5.41, 5.74) is 7.98. The summed E-state index contributed by atoms with van der Waals surface area (Å²) >= 11 is 0. The molecule has 0 spiro atoms. The molecule has 0 aliphatic rings. The predicted molar refractivity (Wildman–Crippen MR) is 211 cm³/mol. The Morgan fingerprint density at radius 1 is 0.308 bits per heavy atom. The van der Waals surface area contributed by atoms with Crippen molar-refractivity contribution in [3.63, 3.8) is 0 Å². The van der Waals surface area contributed by atoms with Gasteiger partial charge in [0.2, 0.25) is 0 Å². The number of nitrogens with zero attached hydrogens (tertiary/aromatic N) is 3. The van der Waals surface area contributed by atoms with Crippen LogP contribution in [-0.2, 0) is 0 Å². The smallest absolute Gasteiger partial charge is 0.164 e. The van der Waals surface area contributed by atoms with Crippen molar-refractivity contribution in [1.82, 2.24) is 15.0 Å². The van der Waals surface area contributed by atoms with Crippen LogP contribution in [0, 0.1) is 0 Å². The zero-order valence-electron chi connectivity index (χ0n) is 27.7. The van der Waals surface area contributed by atoms with Crippen molar-refractivity contribution in [1.29, 1.82) is 0 Å². The van der Waals surface area contributed by atoms with Gasteiger partial charge < -0.3 is 8.83 Å². The van der Waals surface area contributed by atoms with Gasteiger partial charge >= 0.3 is 0 Å². The minimum Gasteiger partial charge on any atom is -0.456 e. The van der Waals surface area contributed by atoms with Crippen LogP contribution in [0.5, 0.6) is 0 Å². The van der Waals surface area contributed by atoms with E-state index in [1.165, 1.54) is 0 Å². The lowest BCUT2D eigenvalue weighted by Crippen LogP contribution is -2.00. The van der Waals surface area contributed by atoms with Crippen LogP contribution < -0.4 is 0 Å². The Hall–Kier alpha value is -7.11. The zero-order valence-corrected chi connectivity index (χ0v) is 27.7. The summed E-state index contributed by atoms with van der Waals surface area (Å²) in [6, 6.07) is 56.4. The first-order chi connectivity index (χ1) is 25.7. The van der Waals surface area contributed by atoms with Gasteiger partial charge in [-0.1, -0.05) is 115 Å². The van der Waals surface area contributed by atoms with Crippen molar-refractivity contribution in [3.05, 3.63) is 164 Å². The number of benzene rings is 8. The van der Waals surface area contributed by atoms with Crippen molar-refractivity contribution in [2.45, 2.75) is 0 Å². The molecule has 5 nitrogen and oxygen atoms in total. The molecule has 0 atom stereocenters. The Labute approximate surface area is 297 Å². The van der Waals surface area contributed by atoms with Gasteiger partial charge in [0.05, 0.1) is 0 Å². The number of hydrogen-bond donors (Lipinski definition) is 0. The lowest BCUT2D eigenvalue weighted by molar-refractivity contribution is 0.669. The zero-order chi connectivity index (χ0) is 34.2. The molecule has 3 heterocycles. The van der Waals surface area contributed by atoms with E-state index in [-0.39, 0.29) is 0 Å². The summed E-state index contributed by atoms with van der Waals surface area (Å²) in [5.74, 6) is 1.74. The second-order valence-corrected chi connectivity index (χ2v) is 13.2. The molecule has 0 aliphatic heterocycles. The summed E-state index contributed by atoms with van der Waals surface area (Å²) in [6.45, 7) is 0. The Kier molecular flexibility index (Phi) is 6.18. The second kappa shape index (κ2) is 11.2. The fraction of sp³-hybridized carbons (Fsp3) is 0. The lowest BCUT2D eigenvalue weighted by atomic mass is 9.98. The molecule has 0 saturated carbocycles. The average molecular weight is 666 g/mol. The number of aromatic nitrogens is 3. The summed E-state index contributed by atoms with van der Waals surface area (Å²) in [4.78, 5) is 15.5.